The van der Waals surface area contributed by atoms with Crippen LogP contribution in [0.25, 0.3) is 0 Å². The molecule has 0 saturated carbocycles. The van der Waals surface area contributed by atoms with Crippen LogP contribution >= 0.6 is 0 Å². The molecule has 5 nitrogen and oxygen atoms in total. The second-order valence-electron chi connectivity index (χ2n) is 5.72. The first-order valence-corrected chi connectivity index (χ1v) is 9.42. The molecule has 126 valence electrons. The maximum Gasteiger partial charge on any atom is 0.245 e. The Kier molecular flexibility index (Phi) is 5.96. The molecule has 23 heavy (non-hydrogen) atoms. The Labute approximate surface area is 138 Å². The van der Waals surface area contributed by atoms with E-state index in [1.54, 1.807) is 13.8 Å². The van der Waals surface area contributed by atoms with Crippen LogP contribution in [-0.2, 0) is 22.9 Å². The topological polar surface area (TPSA) is 72.2 Å². The van der Waals surface area contributed by atoms with Gasteiger partial charge in [-0.1, -0.05) is 42.8 Å². The van der Waals surface area contributed by atoms with Crippen molar-refractivity contribution in [2.24, 2.45) is 0 Å². The van der Waals surface area contributed by atoms with E-state index in [2.05, 4.69) is 41.1 Å². The average molecular weight is 336 g/mol. The van der Waals surface area contributed by atoms with Crippen LogP contribution in [0.2, 0.25) is 0 Å². The maximum atomic E-state index is 12.3. The Morgan fingerprint density at radius 1 is 1.09 bits per heavy atom. The van der Waals surface area contributed by atoms with Gasteiger partial charge in [-0.2, -0.15) is 0 Å². The molecule has 6 heteroatoms. The molecule has 2 rings (SSSR count). The highest BCUT2D eigenvalue weighted by atomic mass is 32.2. The normalized spacial score (nSPS) is 11.8. The van der Waals surface area contributed by atoms with Crippen LogP contribution < -0.4 is 4.72 Å². The first-order chi connectivity index (χ1) is 10.9. The molecule has 0 aliphatic heterocycles. The second kappa shape index (κ2) is 7.75. The van der Waals surface area contributed by atoms with Crippen LogP contribution in [0.1, 0.15) is 42.3 Å². The number of aryl methyl sites for hydroxylation is 3. The molecule has 0 atom stereocenters. The number of nitrogens with zero attached hydrogens (tertiary/aromatic N) is 1. The minimum atomic E-state index is -3.57. The molecule has 0 radical (unpaired) electrons. The summed E-state index contributed by atoms with van der Waals surface area (Å²) in [5, 5.41) is 3.69. The van der Waals surface area contributed by atoms with Crippen LogP contribution in [0.15, 0.2) is 33.7 Å². The van der Waals surface area contributed by atoms with Crippen LogP contribution in [0.5, 0.6) is 0 Å². The van der Waals surface area contributed by atoms with Crippen molar-refractivity contribution in [2.45, 2.75) is 51.3 Å². The van der Waals surface area contributed by atoms with Gasteiger partial charge in [0.1, 0.15) is 10.6 Å². The van der Waals surface area contributed by atoms with Crippen LogP contribution in [-0.4, -0.2) is 20.1 Å². The molecule has 0 bridgehead atoms. The minimum Gasteiger partial charge on any atom is -0.360 e. The monoisotopic (exact) mass is 336 g/mol. The van der Waals surface area contributed by atoms with Crippen molar-refractivity contribution < 1.29 is 12.9 Å². The van der Waals surface area contributed by atoms with Crippen LogP contribution in [0.3, 0.4) is 0 Å². The largest absolute Gasteiger partial charge is 0.360 e. The summed E-state index contributed by atoms with van der Waals surface area (Å²) in [5.41, 5.74) is 2.83. The fourth-order valence-corrected chi connectivity index (χ4v) is 3.87. The third-order valence-electron chi connectivity index (χ3n) is 3.78. The van der Waals surface area contributed by atoms with Gasteiger partial charge in [0.25, 0.3) is 0 Å². The summed E-state index contributed by atoms with van der Waals surface area (Å²) in [5.74, 6) is 0.315. The zero-order chi connectivity index (χ0) is 16.9. The van der Waals surface area contributed by atoms with Gasteiger partial charge in [-0.25, -0.2) is 13.1 Å². The summed E-state index contributed by atoms with van der Waals surface area (Å²) in [6, 6.07) is 8.37. The van der Waals surface area contributed by atoms with Crippen molar-refractivity contribution >= 4 is 10.0 Å². The van der Waals surface area contributed by atoms with Gasteiger partial charge in [-0.05, 0) is 44.2 Å². The molecule has 1 aromatic carbocycles. The summed E-state index contributed by atoms with van der Waals surface area (Å²) in [6.45, 7) is 5.75. The number of hydrogen-bond donors (Lipinski definition) is 1. The van der Waals surface area contributed by atoms with Gasteiger partial charge >= 0.3 is 0 Å². The van der Waals surface area contributed by atoms with E-state index in [4.69, 9.17) is 4.52 Å². The summed E-state index contributed by atoms with van der Waals surface area (Å²) in [4.78, 5) is 0.146. The van der Waals surface area contributed by atoms with Gasteiger partial charge in [0.2, 0.25) is 10.0 Å². The number of unbranched alkanes of at least 4 members (excludes halogenated alkanes) is 1. The molecule has 0 fully saturated rings. The lowest BCUT2D eigenvalue weighted by atomic mass is 10.1. The molecular formula is C17H24N2O3S. The van der Waals surface area contributed by atoms with E-state index in [-0.39, 0.29) is 4.90 Å². The highest BCUT2D eigenvalue weighted by Gasteiger charge is 2.23. The Hall–Kier alpha value is -1.66. The molecule has 0 aliphatic rings. The highest BCUT2D eigenvalue weighted by molar-refractivity contribution is 7.89. The predicted molar refractivity (Wildman–Crippen MR) is 89.9 cm³/mol. The standard InChI is InChI=1S/C17H24N2O3S/c1-4-5-6-15-7-9-16(10-8-15)11-12-18-23(20,21)17-13(2)19-22-14(17)3/h7-10,18H,4-6,11-12H2,1-3H3. The number of aromatic nitrogens is 1. The number of hydrogen-bond acceptors (Lipinski definition) is 4. The zero-order valence-corrected chi connectivity index (χ0v) is 14.7. The number of benzene rings is 1. The molecule has 0 saturated heterocycles. The summed E-state index contributed by atoms with van der Waals surface area (Å²) in [7, 11) is -3.57. The molecule has 0 amide bonds. The van der Waals surface area contributed by atoms with Gasteiger partial charge in [0.05, 0.1) is 0 Å². The number of nitrogens with one attached hydrogen (secondary N) is 1. The zero-order valence-electron chi connectivity index (χ0n) is 13.9. The lowest BCUT2D eigenvalue weighted by Gasteiger charge is -2.07. The van der Waals surface area contributed by atoms with E-state index in [1.165, 1.54) is 18.4 Å². The third kappa shape index (κ3) is 4.65. The third-order valence-corrected chi connectivity index (χ3v) is 5.49. The molecule has 0 unspecified atom stereocenters. The molecule has 1 aromatic heterocycles. The molecule has 0 aliphatic carbocycles. The van der Waals surface area contributed by atoms with E-state index in [0.29, 0.717) is 24.4 Å². The van der Waals surface area contributed by atoms with Gasteiger partial charge in [-0.3, -0.25) is 0 Å². The fraction of sp³-hybridized carbons (Fsp3) is 0.471. The smallest absolute Gasteiger partial charge is 0.245 e. The van der Waals surface area contributed by atoms with E-state index in [1.807, 2.05) is 0 Å². The molecule has 1 N–H and O–H groups in total. The lowest BCUT2D eigenvalue weighted by Crippen LogP contribution is -2.26. The highest BCUT2D eigenvalue weighted by Crippen LogP contribution is 2.18. The Morgan fingerprint density at radius 3 is 2.22 bits per heavy atom. The SMILES string of the molecule is CCCCc1ccc(CCNS(=O)(=O)c2c(C)noc2C)cc1. The van der Waals surface area contributed by atoms with Crippen molar-refractivity contribution in [3.8, 4) is 0 Å². The van der Waals surface area contributed by atoms with Crippen molar-refractivity contribution in [2.75, 3.05) is 6.54 Å². The first kappa shape index (κ1) is 17.7. The lowest BCUT2D eigenvalue weighted by molar-refractivity contribution is 0.390. The summed E-state index contributed by atoms with van der Waals surface area (Å²) < 4.78 is 32.1. The molecule has 2 aromatic rings. The Bertz CT molecular complexity index is 714. The maximum absolute atomic E-state index is 12.3. The molecular weight excluding hydrogens is 312 g/mol. The van der Waals surface area contributed by atoms with Crippen LogP contribution in [0, 0.1) is 13.8 Å². The van der Waals surface area contributed by atoms with Crippen molar-refractivity contribution in [3.05, 3.63) is 46.8 Å². The van der Waals surface area contributed by atoms with E-state index in [0.717, 1.165) is 12.0 Å². The summed E-state index contributed by atoms with van der Waals surface area (Å²) in [6.07, 6.45) is 4.12. The molecule has 0 spiro atoms. The van der Waals surface area contributed by atoms with E-state index in [9.17, 15) is 8.42 Å². The first-order valence-electron chi connectivity index (χ1n) is 7.94. The molecule has 1 heterocycles. The van der Waals surface area contributed by atoms with Crippen molar-refractivity contribution in [1.82, 2.24) is 9.88 Å². The van der Waals surface area contributed by atoms with E-state index >= 15 is 0 Å². The van der Waals surface area contributed by atoms with Gasteiger partial charge < -0.3 is 4.52 Å². The quantitative estimate of drug-likeness (QED) is 0.804. The van der Waals surface area contributed by atoms with E-state index < -0.39 is 10.0 Å². The second-order valence-corrected chi connectivity index (χ2v) is 7.42. The van der Waals surface area contributed by atoms with Crippen molar-refractivity contribution in [3.63, 3.8) is 0 Å². The van der Waals surface area contributed by atoms with Gasteiger partial charge in [0, 0.05) is 6.54 Å². The fourth-order valence-electron chi connectivity index (χ4n) is 2.51. The Morgan fingerprint density at radius 2 is 1.70 bits per heavy atom. The minimum absolute atomic E-state index is 0.146. The number of sulfonamides is 1. The van der Waals surface area contributed by atoms with Crippen molar-refractivity contribution in [1.29, 1.82) is 0 Å². The predicted octanol–water partition coefficient (Wildman–Crippen LogP) is 3.16. The summed E-state index contributed by atoms with van der Waals surface area (Å²) >= 11 is 0. The number of rotatable bonds is 8. The van der Waals surface area contributed by atoms with Gasteiger partial charge in [0.15, 0.2) is 5.76 Å². The van der Waals surface area contributed by atoms with Crippen LogP contribution in [0.4, 0.5) is 0 Å². The Balaban J connectivity index is 1.92. The average Bonchev–Trinajstić information content (AvgIpc) is 2.86. The van der Waals surface area contributed by atoms with Gasteiger partial charge in [-0.15, -0.1) is 0 Å².